The molecule has 0 N–H and O–H groups in total. The van der Waals surface area contributed by atoms with E-state index in [1.807, 2.05) is 24.3 Å². The van der Waals surface area contributed by atoms with E-state index in [9.17, 15) is 4.39 Å². The smallest absolute Gasteiger partial charge is 0.131 e. The monoisotopic (exact) mass is 363 g/mol. The van der Waals surface area contributed by atoms with Gasteiger partial charge in [-0.15, -0.1) is 12.6 Å². The van der Waals surface area contributed by atoms with Crippen molar-refractivity contribution in [3.05, 3.63) is 83.8 Å². The predicted molar refractivity (Wildman–Crippen MR) is 114 cm³/mol. The van der Waals surface area contributed by atoms with Crippen LogP contribution in [-0.4, -0.2) is 4.98 Å². The molecule has 3 rings (SSSR count). The number of rotatable bonds is 3. The second-order valence-corrected chi connectivity index (χ2v) is 7.97. The van der Waals surface area contributed by atoms with E-state index in [0.717, 1.165) is 33.0 Å². The third-order valence-corrected chi connectivity index (χ3v) is 4.73. The minimum atomic E-state index is -0.220. The zero-order chi connectivity index (χ0) is 19.1. The summed E-state index contributed by atoms with van der Waals surface area (Å²) in [6.45, 7) is 14.5. The molecular formula is C23H22FNS. The van der Waals surface area contributed by atoms with Crippen molar-refractivity contribution in [3.63, 3.8) is 0 Å². The number of hydrogen-bond acceptors (Lipinski definition) is 2. The minimum Gasteiger partial charge on any atom is -0.256 e. The Labute approximate surface area is 159 Å². The molecular weight excluding hydrogens is 341 g/mol. The van der Waals surface area contributed by atoms with Crippen LogP contribution in [0.25, 0.3) is 27.1 Å². The largest absolute Gasteiger partial charge is 0.256 e. The van der Waals surface area contributed by atoms with Gasteiger partial charge in [0.15, 0.2) is 0 Å². The van der Waals surface area contributed by atoms with Gasteiger partial charge in [0, 0.05) is 21.9 Å². The Kier molecular flexibility index (Phi) is 4.76. The highest BCUT2D eigenvalue weighted by atomic mass is 32.1. The first-order chi connectivity index (χ1) is 12.2. The van der Waals surface area contributed by atoms with Crippen LogP contribution in [0, 0.1) is 11.2 Å². The number of halogens is 1. The summed E-state index contributed by atoms with van der Waals surface area (Å²) in [5, 5.41) is 3.39. The van der Waals surface area contributed by atoms with Gasteiger partial charge in [0.05, 0.1) is 5.69 Å². The lowest BCUT2D eigenvalue weighted by Gasteiger charge is -2.23. The summed E-state index contributed by atoms with van der Waals surface area (Å²) in [6, 6.07) is 10.8. The topological polar surface area (TPSA) is 12.9 Å². The lowest BCUT2D eigenvalue weighted by Crippen LogP contribution is -2.09. The Morgan fingerprint density at radius 1 is 1.00 bits per heavy atom. The molecule has 3 heteroatoms. The van der Waals surface area contributed by atoms with Crippen molar-refractivity contribution < 1.29 is 4.39 Å². The zero-order valence-corrected chi connectivity index (χ0v) is 16.2. The van der Waals surface area contributed by atoms with Gasteiger partial charge < -0.3 is 0 Å². The molecule has 0 unspecified atom stereocenters. The molecule has 1 heterocycles. The SMILES string of the molecule is C=C(S)/C(=C\C(=C)c1nccc2c1ccc1c(F)cccc12)C(C)(C)C. The van der Waals surface area contributed by atoms with Gasteiger partial charge in [0.2, 0.25) is 0 Å². The molecule has 0 aliphatic heterocycles. The van der Waals surface area contributed by atoms with E-state index >= 15 is 0 Å². The van der Waals surface area contributed by atoms with Crippen LogP contribution in [0.5, 0.6) is 0 Å². The van der Waals surface area contributed by atoms with Crippen LogP contribution >= 0.6 is 12.6 Å². The van der Waals surface area contributed by atoms with Crippen LogP contribution in [0.2, 0.25) is 0 Å². The molecule has 0 radical (unpaired) electrons. The Hall–Kier alpha value is -2.39. The number of benzene rings is 2. The van der Waals surface area contributed by atoms with E-state index in [2.05, 4.69) is 51.5 Å². The molecule has 0 atom stereocenters. The van der Waals surface area contributed by atoms with Crippen molar-refractivity contribution in [2.45, 2.75) is 20.8 Å². The fourth-order valence-electron chi connectivity index (χ4n) is 3.22. The Morgan fingerprint density at radius 3 is 2.31 bits per heavy atom. The second kappa shape index (κ2) is 6.73. The van der Waals surface area contributed by atoms with Crippen LogP contribution in [0.3, 0.4) is 0 Å². The van der Waals surface area contributed by atoms with Crippen molar-refractivity contribution in [2.24, 2.45) is 5.41 Å². The first-order valence-electron chi connectivity index (χ1n) is 8.46. The van der Waals surface area contributed by atoms with Crippen molar-refractivity contribution in [2.75, 3.05) is 0 Å². The highest BCUT2D eigenvalue weighted by Gasteiger charge is 2.19. The lowest BCUT2D eigenvalue weighted by atomic mass is 9.84. The molecule has 1 nitrogen and oxygen atoms in total. The van der Waals surface area contributed by atoms with Crippen LogP contribution in [0.1, 0.15) is 26.5 Å². The van der Waals surface area contributed by atoms with Gasteiger partial charge in [0.1, 0.15) is 5.82 Å². The minimum absolute atomic E-state index is 0.109. The summed E-state index contributed by atoms with van der Waals surface area (Å²) in [4.78, 5) is 5.25. The number of fused-ring (bicyclic) bond motifs is 3. The fraction of sp³-hybridized carbons (Fsp3) is 0.174. The number of thiol groups is 1. The predicted octanol–water partition coefficient (Wildman–Crippen LogP) is 6.96. The highest BCUT2D eigenvalue weighted by molar-refractivity contribution is 7.84. The van der Waals surface area contributed by atoms with Gasteiger partial charge in [-0.2, -0.15) is 0 Å². The summed E-state index contributed by atoms with van der Waals surface area (Å²) in [7, 11) is 0. The van der Waals surface area contributed by atoms with E-state index in [0.29, 0.717) is 10.3 Å². The van der Waals surface area contributed by atoms with Crippen LogP contribution in [-0.2, 0) is 0 Å². The molecule has 0 saturated carbocycles. The van der Waals surface area contributed by atoms with E-state index in [-0.39, 0.29) is 11.2 Å². The van der Waals surface area contributed by atoms with Gasteiger partial charge >= 0.3 is 0 Å². The lowest BCUT2D eigenvalue weighted by molar-refractivity contribution is 0.516. The van der Waals surface area contributed by atoms with Gasteiger partial charge in [-0.3, -0.25) is 4.98 Å². The maximum Gasteiger partial charge on any atom is 0.131 e. The van der Waals surface area contributed by atoms with E-state index in [1.165, 1.54) is 6.07 Å². The van der Waals surface area contributed by atoms with Crippen LogP contribution in [0.15, 0.2) is 72.3 Å². The average molecular weight is 364 g/mol. The van der Waals surface area contributed by atoms with Gasteiger partial charge in [0.25, 0.3) is 0 Å². The number of nitrogens with zero attached hydrogens (tertiary/aromatic N) is 1. The molecule has 3 aromatic rings. The normalized spacial score (nSPS) is 12.6. The van der Waals surface area contributed by atoms with Gasteiger partial charge in [-0.25, -0.2) is 4.39 Å². The Morgan fingerprint density at radius 2 is 1.65 bits per heavy atom. The Balaban J connectivity index is 2.23. The molecule has 132 valence electrons. The van der Waals surface area contributed by atoms with Crippen LogP contribution < -0.4 is 0 Å². The van der Waals surface area contributed by atoms with Gasteiger partial charge in [-0.05, 0) is 45.5 Å². The number of pyridine rings is 1. The molecule has 0 aliphatic carbocycles. The number of allylic oxidation sites excluding steroid dienone is 3. The van der Waals surface area contributed by atoms with Gasteiger partial charge in [-0.1, -0.05) is 58.2 Å². The van der Waals surface area contributed by atoms with Crippen molar-refractivity contribution in [1.82, 2.24) is 4.98 Å². The Bertz CT molecular complexity index is 1070. The summed E-state index contributed by atoms with van der Waals surface area (Å²) >= 11 is 4.44. The zero-order valence-electron chi connectivity index (χ0n) is 15.3. The van der Waals surface area contributed by atoms with Crippen molar-refractivity contribution in [3.8, 4) is 0 Å². The second-order valence-electron chi connectivity index (χ2n) is 7.44. The quantitative estimate of drug-likeness (QED) is 0.301. The molecule has 1 aromatic heterocycles. The molecule has 0 amide bonds. The summed E-state index contributed by atoms with van der Waals surface area (Å²) in [5.41, 5.74) is 2.47. The molecule has 0 saturated heterocycles. The number of hydrogen-bond donors (Lipinski definition) is 1. The maximum atomic E-state index is 14.1. The first kappa shape index (κ1) is 18.4. The summed E-state index contributed by atoms with van der Waals surface area (Å²) in [5.74, 6) is -0.220. The summed E-state index contributed by atoms with van der Waals surface area (Å²) in [6.07, 6.45) is 3.74. The maximum absolute atomic E-state index is 14.1. The van der Waals surface area contributed by atoms with E-state index in [4.69, 9.17) is 0 Å². The fourth-order valence-corrected chi connectivity index (χ4v) is 3.62. The molecule has 2 aromatic carbocycles. The molecule has 0 aliphatic rings. The molecule has 0 spiro atoms. The molecule has 0 fully saturated rings. The van der Waals surface area contributed by atoms with E-state index < -0.39 is 0 Å². The van der Waals surface area contributed by atoms with Crippen molar-refractivity contribution >= 4 is 39.7 Å². The average Bonchev–Trinajstić information content (AvgIpc) is 2.57. The van der Waals surface area contributed by atoms with Crippen molar-refractivity contribution in [1.29, 1.82) is 0 Å². The highest BCUT2D eigenvalue weighted by Crippen LogP contribution is 2.36. The third kappa shape index (κ3) is 3.32. The number of aromatic nitrogens is 1. The summed E-state index contributed by atoms with van der Waals surface area (Å²) < 4.78 is 14.1. The molecule has 26 heavy (non-hydrogen) atoms. The first-order valence-corrected chi connectivity index (χ1v) is 8.90. The molecule has 0 bridgehead atoms. The standard InChI is InChI=1S/C23H22FNS/c1-14(13-20(15(2)26)23(3,4)5)22-19-10-9-18-16(7-6-8-21(18)24)17(19)11-12-25-22/h6-13,26H,1-2H2,3-5H3/b20-13+. The van der Waals surface area contributed by atoms with E-state index in [1.54, 1.807) is 18.3 Å². The van der Waals surface area contributed by atoms with Crippen LogP contribution in [0.4, 0.5) is 4.39 Å². The third-order valence-electron chi connectivity index (χ3n) is 4.49.